The number of halogens is 1. The lowest BCUT2D eigenvalue weighted by molar-refractivity contribution is -0.115. The van der Waals surface area contributed by atoms with Crippen molar-refractivity contribution < 1.29 is 22.4 Å². The highest BCUT2D eigenvalue weighted by Crippen LogP contribution is 2.23. The van der Waals surface area contributed by atoms with E-state index in [1.165, 1.54) is 39.2 Å². The van der Waals surface area contributed by atoms with E-state index in [2.05, 4.69) is 10.6 Å². The van der Waals surface area contributed by atoms with Crippen LogP contribution in [0.1, 0.15) is 6.92 Å². The molecule has 2 amide bonds. The highest BCUT2D eigenvalue weighted by atomic mass is 32.2. The van der Waals surface area contributed by atoms with Crippen molar-refractivity contribution in [3.8, 4) is 0 Å². The molecule has 0 atom stereocenters. The summed E-state index contributed by atoms with van der Waals surface area (Å²) in [4.78, 5) is 23.4. The van der Waals surface area contributed by atoms with Crippen LogP contribution < -0.4 is 14.9 Å². The van der Waals surface area contributed by atoms with E-state index in [0.29, 0.717) is 15.7 Å². The topological polar surface area (TPSA) is 98.8 Å². The molecule has 28 heavy (non-hydrogen) atoms. The summed E-state index contributed by atoms with van der Waals surface area (Å²) in [6.45, 7) is 0.757. The van der Waals surface area contributed by atoms with Crippen LogP contribution in [0.4, 0.5) is 21.5 Å². The number of anilines is 3. The second-order valence-corrected chi connectivity index (χ2v) is 8.12. The fourth-order valence-corrected chi connectivity index (χ4v) is 3.38. The Morgan fingerprint density at radius 2 is 1.50 bits per heavy atom. The summed E-state index contributed by atoms with van der Waals surface area (Å²) in [6.07, 6.45) is 0. The second-order valence-electron chi connectivity index (χ2n) is 6.05. The third-order valence-electron chi connectivity index (χ3n) is 3.64. The van der Waals surface area contributed by atoms with Crippen LogP contribution in [0.15, 0.2) is 48.5 Å². The number of nitrogens with zero attached hydrogens (tertiary/aromatic N) is 2. The second kappa shape index (κ2) is 8.81. The van der Waals surface area contributed by atoms with Crippen LogP contribution in [-0.2, 0) is 19.8 Å². The maximum absolute atomic E-state index is 14.2. The number of carbonyl (C=O) groups excluding carboxylic acids is 2. The van der Waals surface area contributed by atoms with Gasteiger partial charge in [-0.1, -0.05) is 12.1 Å². The molecule has 0 saturated carbocycles. The molecule has 10 heteroatoms. The zero-order chi connectivity index (χ0) is 20.9. The third-order valence-corrected chi connectivity index (χ3v) is 5.44. The van der Waals surface area contributed by atoms with Crippen molar-refractivity contribution in [2.45, 2.75) is 6.92 Å². The normalized spacial score (nSPS) is 11.2. The Bertz CT molecular complexity index is 962. The number of carbonyl (C=O) groups is 2. The number of hydrogen-bond donors (Lipinski definition) is 2. The Balaban J connectivity index is 2.21. The molecule has 0 aliphatic carbocycles. The quantitative estimate of drug-likeness (QED) is 0.732. The SMILES string of the molecule is CC(=O)Nc1ccc(NC(=O)CN(c2ccccc2F)S(=O)(=O)N(C)C)cc1. The molecule has 0 bridgehead atoms. The van der Waals surface area contributed by atoms with Crippen LogP contribution in [0.25, 0.3) is 0 Å². The van der Waals surface area contributed by atoms with Gasteiger partial charge in [0, 0.05) is 32.4 Å². The van der Waals surface area contributed by atoms with Crippen molar-refractivity contribution in [1.29, 1.82) is 0 Å². The summed E-state index contributed by atoms with van der Waals surface area (Å²) in [7, 11) is -1.52. The summed E-state index contributed by atoms with van der Waals surface area (Å²) in [5.74, 6) is -1.65. The monoisotopic (exact) mass is 408 g/mol. The first kappa shape index (κ1) is 21.3. The standard InChI is InChI=1S/C18H21FN4O4S/c1-13(24)20-14-8-10-15(11-9-14)21-18(25)12-23(28(26,27)22(2)3)17-7-5-4-6-16(17)19/h4-11H,12H2,1-3H3,(H,20,24)(H,21,25). The van der Waals surface area contributed by atoms with Crippen molar-refractivity contribution in [2.24, 2.45) is 0 Å². The lowest BCUT2D eigenvalue weighted by atomic mass is 10.2. The Hall–Kier alpha value is -2.98. The predicted octanol–water partition coefficient (Wildman–Crippen LogP) is 2.04. The van der Waals surface area contributed by atoms with Gasteiger partial charge in [-0.3, -0.25) is 9.59 Å². The molecule has 0 aromatic heterocycles. The van der Waals surface area contributed by atoms with Gasteiger partial charge in [0.1, 0.15) is 12.4 Å². The van der Waals surface area contributed by atoms with Crippen molar-refractivity contribution in [3.05, 3.63) is 54.3 Å². The maximum atomic E-state index is 14.2. The molecule has 0 heterocycles. The first-order valence-electron chi connectivity index (χ1n) is 8.23. The lowest BCUT2D eigenvalue weighted by Gasteiger charge is -2.27. The van der Waals surface area contributed by atoms with Gasteiger partial charge in [-0.25, -0.2) is 8.70 Å². The van der Waals surface area contributed by atoms with Crippen LogP contribution in [0.5, 0.6) is 0 Å². The van der Waals surface area contributed by atoms with Crippen molar-refractivity contribution >= 4 is 39.1 Å². The summed E-state index contributed by atoms with van der Waals surface area (Å²) in [5, 5.41) is 5.15. The van der Waals surface area contributed by atoms with Crippen LogP contribution in [-0.4, -0.2) is 45.2 Å². The molecule has 2 aromatic rings. The Morgan fingerprint density at radius 1 is 0.964 bits per heavy atom. The van der Waals surface area contributed by atoms with E-state index in [9.17, 15) is 22.4 Å². The molecule has 0 radical (unpaired) electrons. The maximum Gasteiger partial charge on any atom is 0.304 e. The smallest absolute Gasteiger partial charge is 0.304 e. The highest BCUT2D eigenvalue weighted by molar-refractivity contribution is 7.90. The minimum atomic E-state index is -4.10. The fourth-order valence-electron chi connectivity index (χ4n) is 2.31. The fraction of sp³-hybridized carbons (Fsp3) is 0.222. The van der Waals surface area contributed by atoms with Crippen molar-refractivity contribution in [3.63, 3.8) is 0 Å². The van der Waals surface area contributed by atoms with Gasteiger partial charge in [-0.05, 0) is 36.4 Å². The molecule has 0 fully saturated rings. The van der Waals surface area contributed by atoms with E-state index in [1.807, 2.05) is 0 Å². The van der Waals surface area contributed by atoms with Crippen molar-refractivity contribution in [1.82, 2.24) is 4.31 Å². The summed E-state index contributed by atoms with van der Waals surface area (Å²) < 4.78 is 40.9. The number of benzene rings is 2. The van der Waals surface area contributed by atoms with E-state index in [-0.39, 0.29) is 11.6 Å². The Morgan fingerprint density at radius 3 is 2.00 bits per heavy atom. The number of nitrogens with one attached hydrogen (secondary N) is 2. The van der Waals surface area contributed by atoms with E-state index >= 15 is 0 Å². The van der Waals surface area contributed by atoms with Crippen LogP contribution >= 0.6 is 0 Å². The van der Waals surface area contributed by atoms with Crippen LogP contribution in [0.2, 0.25) is 0 Å². The van der Waals surface area contributed by atoms with E-state index < -0.39 is 28.5 Å². The molecular weight excluding hydrogens is 387 g/mol. The minimum Gasteiger partial charge on any atom is -0.326 e. The van der Waals surface area contributed by atoms with E-state index in [1.54, 1.807) is 24.3 Å². The minimum absolute atomic E-state index is 0.229. The van der Waals surface area contributed by atoms with E-state index in [0.717, 1.165) is 10.4 Å². The zero-order valence-electron chi connectivity index (χ0n) is 15.6. The molecule has 150 valence electrons. The largest absolute Gasteiger partial charge is 0.326 e. The van der Waals surface area contributed by atoms with Crippen molar-refractivity contribution in [2.75, 3.05) is 35.6 Å². The molecule has 2 aromatic carbocycles. The average Bonchev–Trinajstić information content (AvgIpc) is 2.61. The van der Waals surface area contributed by atoms with Gasteiger partial charge in [0.25, 0.3) is 0 Å². The first-order valence-corrected chi connectivity index (χ1v) is 9.63. The van der Waals surface area contributed by atoms with Gasteiger partial charge in [0.15, 0.2) is 0 Å². The summed E-state index contributed by atoms with van der Waals surface area (Å²) in [6, 6.07) is 11.6. The molecular formula is C18H21FN4O4S. The van der Waals surface area contributed by atoms with Gasteiger partial charge in [0.2, 0.25) is 11.8 Å². The molecule has 0 aliphatic rings. The lowest BCUT2D eigenvalue weighted by Crippen LogP contribution is -2.44. The molecule has 2 rings (SSSR count). The van der Waals surface area contributed by atoms with Crippen LogP contribution in [0, 0.1) is 5.82 Å². The predicted molar refractivity (Wildman–Crippen MR) is 106 cm³/mol. The molecule has 0 spiro atoms. The van der Waals surface area contributed by atoms with Gasteiger partial charge < -0.3 is 10.6 Å². The first-order chi connectivity index (χ1) is 13.1. The van der Waals surface area contributed by atoms with Crippen LogP contribution in [0.3, 0.4) is 0 Å². The molecule has 0 aliphatic heterocycles. The molecule has 8 nitrogen and oxygen atoms in total. The number of rotatable bonds is 7. The van der Waals surface area contributed by atoms with Gasteiger partial charge in [0.05, 0.1) is 5.69 Å². The third kappa shape index (κ3) is 5.27. The summed E-state index contributed by atoms with van der Waals surface area (Å²) in [5.41, 5.74) is 0.718. The van der Waals surface area contributed by atoms with Gasteiger partial charge >= 0.3 is 10.2 Å². The average molecular weight is 408 g/mol. The van der Waals surface area contributed by atoms with Gasteiger partial charge in [-0.15, -0.1) is 0 Å². The Labute approximate surface area is 163 Å². The van der Waals surface area contributed by atoms with Gasteiger partial charge in [-0.2, -0.15) is 12.7 Å². The molecule has 0 saturated heterocycles. The number of amides is 2. The summed E-state index contributed by atoms with van der Waals surface area (Å²) >= 11 is 0. The number of hydrogen-bond acceptors (Lipinski definition) is 4. The molecule has 0 unspecified atom stereocenters. The zero-order valence-corrected chi connectivity index (χ0v) is 16.5. The highest BCUT2D eigenvalue weighted by Gasteiger charge is 2.29. The Kier molecular flexibility index (Phi) is 6.71. The molecule has 2 N–H and O–H groups in total. The number of para-hydroxylation sites is 1. The van der Waals surface area contributed by atoms with E-state index in [4.69, 9.17) is 0 Å².